The topological polar surface area (TPSA) is 55.4 Å². The maximum absolute atomic E-state index is 6.02. The third-order valence-corrected chi connectivity index (χ3v) is 9.36. The molecule has 0 unspecified atom stereocenters. The van der Waals surface area contributed by atoms with E-state index in [2.05, 4.69) is 122 Å². The number of fused-ring (bicyclic) bond motifs is 5. The smallest absolute Gasteiger partial charge is 0.120 e. The molecule has 0 saturated carbocycles. The predicted molar refractivity (Wildman–Crippen MR) is 204 cm³/mol. The zero-order valence-electron chi connectivity index (χ0n) is 28.7. The van der Waals surface area contributed by atoms with Crippen molar-refractivity contribution >= 4 is 21.5 Å². The van der Waals surface area contributed by atoms with E-state index < -0.39 is 5.41 Å². The highest BCUT2D eigenvalue weighted by Crippen LogP contribution is 2.56. The summed E-state index contributed by atoms with van der Waals surface area (Å²) in [6.45, 7) is 11.0. The van der Waals surface area contributed by atoms with E-state index in [-0.39, 0.29) is 0 Å². The van der Waals surface area contributed by atoms with Crippen molar-refractivity contribution in [1.29, 1.82) is 0 Å². The second kappa shape index (κ2) is 16.0. The maximum Gasteiger partial charge on any atom is 0.120 e. The lowest BCUT2D eigenvalue weighted by Crippen LogP contribution is -2.28. The summed E-state index contributed by atoms with van der Waals surface area (Å²) in [5.74, 6) is 1.63. The Kier molecular flexibility index (Phi) is 10.6. The van der Waals surface area contributed by atoms with Gasteiger partial charge in [0.2, 0.25) is 0 Å². The van der Waals surface area contributed by atoms with E-state index in [9.17, 15) is 0 Å². The summed E-state index contributed by atoms with van der Waals surface area (Å²) in [5.41, 5.74) is 7.00. The van der Waals surface area contributed by atoms with Crippen LogP contribution in [-0.2, 0) is 24.4 Å². The molecular formula is C45H42O6. The third-order valence-electron chi connectivity index (χ3n) is 9.36. The van der Waals surface area contributed by atoms with Gasteiger partial charge in [0.1, 0.15) is 37.9 Å². The van der Waals surface area contributed by atoms with Crippen molar-refractivity contribution in [3.63, 3.8) is 0 Å². The molecule has 0 saturated heterocycles. The molecule has 0 aromatic heterocycles. The Hall–Kier alpha value is -5.56. The Labute approximate surface area is 299 Å². The number of benzene rings is 6. The molecule has 6 aromatic rings. The Morgan fingerprint density at radius 2 is 0.843 bits per heavy atom. The van der Waals surface area contributed by atoms with Crippen LogP contribution < -0.4 is 9.47 Å². The molecule has 6 heteroatoms. The summed E-state index contributed by atoms with van der Waals surface area (Å²) < 4.78 is 33.4. The van der Waals surface area contributed by atoms with Gasteiger partial charge >= 0.3 is 0 Å². The number of rotatable bonds is 18. The number of ether oxygens (including phenoxy) is 6. The van der Waals surface area contributed by atoms with Gasteiger partial charge in [0.15, 0.2) is 0 Å². The zero-order valence-corrected chi connectivity index (χ0v) is 28.7. The lowest BCUT2D eigenvalue weighted by atomic mass is 9.67. The standard InChI is InChI=1S/C45H42O6/c1-3-46-21-23-48-25-27-50-39-19-15-33-29-37(17-13-35(33)31-39)45(43-11-7-5-9-41(43)42-10-6-8-12-44(42)45)38-18-14-36-32-40(20-16-34(36)30-38)51-28-26-49-24-22-47-4-2/h3-20,29-32H,1-2,21-28H2. The molecule has 0 aliphatic heterocycles. The van der Waals surface area contributed by atoms with Gasteiger partial charge in [-0.3, -0.25) is 0 Å². The molecule has 6 nitrogen and oxygen atoms in total. The number of hydrogen-bond donors (Lipinski definition) is 0. The van der Waals surface area contributed by atoms with Crippen LogP contribution in [0.1, 0.15) is 22.3 Å². The van der Waals surface area contributed by atoms with Crippen molar-refractivity contribution in [3.8, 4) is 22.6 Å². The van der Waals surface area contributed by atoms with Crippen molar-refractivity contribution < 1.29 is 28.4 Å². The van der Waals surface area contributed by atoms with Crippen molar-refractivity contribution in [2.75, 3.05) is 52.9 Å². The van der Waals surface area contributed by atoms with Crippen LogP contribution in [0.3, 0.4) is 0 Å². The van der Waals surface area contributed by atoms with Gasteiger partial charge in [0.05, 0.1) is 44.4 Å². The summed E-state index contributed by atoms with van der Waals surface area (Å²) in [7, 11) is 0. The zero-order chi connectivity index (χ0) is 34.9. The Balaban J connectivity index is 1.21. The van der Waals surface area contributed by atoms with Crippen LogP contribution in [0, 0.1) is 0 Å². The van der Waals surface area contributed by atoms with Crippen molar-refractivity contribution in [2.45, 2.75) is 5.41 Å². The summed E-state index contributed by atoms with van der Waals surface area (Å²) in [4.78, 5) is 0. The highest BCUT2D eigenvalue weighted by molar-refractivity contribution is 5.92. The molecule has 51 heavy (non-hydrogen) atoms. The normalized spacial score (nSPS) is 12.6. The van der Waals surface area contributed by atoms with E-state index in [1.807, 2.05) is 12.1 Å². The summed E-state index contributed by atoms with van der Waals surface area (Å²) in [6, 6.07) is 43.9. The van der Waals surface area contributed by atoms with Crippen LogP contribution in [0.4, 0.5) is 0 Å². The maximum atomic E-state index is 6.02. The Bertz CT molecular complexity index is 1980. The Morgan fingerprint density at radius 1 is 0.431 bits per heavy atom. The molecule has 0 radical (unpaired) electrons. The lowest BCUT2D eigenvalue weighted by Gasteiger charge is -2.34. The van der Waals surface area contributed by atoms with Gasteiger partial charge in [0, 0.05) is 0 Å². The minimum atomic E-state index is -0.515. The van der Waals surface area contributed by atoms with Crippen LogP contribution in [0.5, 0.6) is 11.5 Å². The monoisotopic (exact) mass is 678 g/mol. The fourth-order valence-electron chi connectivity index (χ4n) is 7.14. The fourth-order valence-corrected chi connectivity index (χ4v) is 7.14. The molecular weight excluding hydrogens is 636 g/mol. The van der Waals surface area contributed by atoms with Gasteiger partial charge in [-0.2, -0.15) is 0 Å². The molecule has 258 valence electrons. The first-order valence-corrected chi connectivity index (χ1v) is 17.4. The summed E-state index contributed by atoms with van der Waals surface area (Å²) in [5, 5.41) is 4.54. The first-order chi connectivity index (χ1) is 25.2. The SMILES string of the molecule is C=COCCOCCOc1ccc2cc(C3(c4ccc5cc(OCCOCCOC=C)ccc5c4)c4ccccc4-c4ccccc43)ccc2c1. The van der Waals surface area contributed by atoms with Gasteiger partial charge in [-0.05, 0) is 91.3 Å². The first-order valence-electron chi connectivity index (χ1n) is 17.4. The van der Waals surface area contributed by atoms with E-state index >= 15 is 0 Å². The van der Waals surface area contributed by atoms with E-state index in [1.54, 1.807) is 0 Å². The molecule has 0 spiro atoms. The molecule has 0 amide bonds. The van der Waals surface area contributed by atoms with Crippen LogP contribution in [0.2, 0.25) is 0 Å². The Morgan fingerprint density at radius 3 is 1.31 bits per heavy atom. The average Bonchev–Trinajstić information content (AvgIpc) is 3.48. The van der Waals surface area contributed by atoms with Crippen molar-refractivity contribution in [1.82, 2.24) is 0 Å². The fraction of sp³-hybridized carbons (Fsp3) is 0.200. The molecule has 0 heterocycles. The van der Waals surface area contributed by atoms with Gasteiger partial charge in [-0.1, -0.05) is 98.1 Å². The molecule has 0 fully saturated rings. The second-order valence-electron chi connectivity index (χ2n) is 12.3. The van der Waals surface area contributed by atoms with Gasteiger partial charge < -0.3 is 28.4 Å². The highest BCUT2D eigenvalue weighted by atomic mass is 16.5. The van der Waals surface area contributed by atoms with Gasteiger partial charge in [0.25, 0.3) is 0 Å². The molecule has 1 aliphatic rings. The predicted octanol–water partition coefficient (Wildman–Crippen LogP) is 9.47. The molecule has 1 aliphatic carbocycles. The van der Waals surface area contributed by atoms with Crippen molar-refractivity contribution in [2.24, 2.45) is 0 Å². The van der Waals surface area contributed by atoms with Crippen LogP contribution >= 0.6 is 0 Å². The molecule has 6 aromatic carbocycles. The average molecular weight is 679 g/mol. The molecule has 7 rings (SSSR count). The highest BCUT2D eigenvalue weighted by Gasteiger charge is 2.46. The van der Waals surface area contributed by atoms with Gasteiger partial charge in [-0.15, -0.1) is 0 Å². The van der Waals surface area contributed by atoms with Gasteiger partial charge in [-0.25, -0.2) is 0 Å². The molecule has 0 bridgehead atoms. The second-order valence-corrected chi connectivity index (χ2v) is 12.3. The van der Waals surface area contributed by atoms with Crippen molar-refractivity contribution in [3.05, 3.63) is 169 Å². The third kappa shape index (κ3) is 7.07. The van der Waals surface area contributed by atoms with Crippen LogP contribution in [0.25, 0.3) is 32.7 Å². The quantitative estimate of drug-likeness (QED) is 0.0666. The van der Waals surface area contributed by atoms with Crippen LogP contribution in [0.15, 0.2) is 147 Å². The van der Waals surface area contributed by atoms with E-state index in [1.165, 1.54) is 45.9 Å². The number of hydrogen-bond acceptors (Lipinski definition) is 6. The van der Waals surface area contributed by atoms with Crippen LogP contribution in [-0.4, -0.2) is 52.9 Å². The minimum Gasteiger partial charge on any atom is -0.499 e. The minimum absolute atomic E-state index is 0.463. The first kappa shape index (κ1) is 33.9. The summed E-state index contributed by atoms with van der Waals surface area (Å²) in [6.07, 6.45) is 2.84. The largest absolute Gasteiger partial charge is 0.499 e. The molecule has 0 N–H and O–H groups in total. The van der Waals surface area contributed by atoms with E-state index in [0.29, 0.717) is 52.9 Å². The molecule has 0 atom stereocenters. The van der Waals surface area contributed by atoms with E-state index in [4.69, 9.17) is 28.4 Å². The lowest BCUT2D eigenvalue weighted by molar-refractivity contribution is 0.0654. The summed E-state index contributed by atoms with van der Waals surface area (Å²) >= 11 is 0. The van der Waals surface area contributed by atoms with E-state index in [0.717, 1.165) is 33.0 Å².